The molecule has 23 heavy (non-hydrogen) atoms. The van der Waals surface area contributed by atoms with Gasteiger partial charge in [-0.3, -0.25) is 4.90 Å². The second-order valence-electron chi connectivity index (χ2n) is 7.14. The summed E-state index contributed by atoms with van der Waals surface area (Å²) in [6.45, 7) is 8.47. The van der Waals surface area contributed by atoms with E-state index in [-0.39, 0.29) is 6.04 Å². The van der Waals surface area contributed by atoms with Crippen molar-refractivity contribution in [2.45, 2.75) is 51.1 Å². The number of nitrogens with zero attached hydrogens (tertiary/aromatic N) is 1. The highest BCUT2D eigenvalue weighted by molar-refractivity contribution is 6.83. The lowest BCUT2D eigenvalue weighted by atomic mass is 10.0. The van der Waals surface area contributed by atoms with Crippen LogP contribution < -0.4 is 0 Å². The van der Waals surface area contributed by atoms with E-state index < -0.39 is 19.8 Å². The highest BCUT2D eigenvalue weighted by atomic mass is 28.3. The topological polar surface area (TPSA) is 3.24 Å². The van der Waals surface area contributed by atoms with Crippen LogP contribution in [0.3, 0.4) is 0 Å². The number of benzene rings is 1. The summed E-state index contributed by atoms with van der Waals surface area (Å²) in [7, 11) is -1.53. The molecule has 0 N–H and O–H groups in total. The molecule has 126 valence electrons. The minimum Gasteiger partial charge on any atom is -0.286 e. The molecular formula is C18H24F3NSi. The molecule has 0 spiro atoms. The quantitative estimate of drug-likeness (QED) is 0.534. The summed E-state index contributed by atoms with van der Waals surface area (Å²) in [5.74, 6) is 3.36. The van der Waals surface area contributed by atoms with Gasteiger partial charge in [-0.2, -0.15) is 13.2 Å². The van der Waals surface area contributed by atoms with Gasteiger partial charge in [0, 0.05) is 0 Å². The molecule has 1 unspecified atom stereocenters. The first-order valence-electron chi connectivity index (χ1n) is 8.11. The van der Waals surface area contributed by atoms with Gasteiger partial charge >= 0.3 is 6.18 Å². The molecule has 5 heteroatoms. The van der Waals surface area contributed by atoms with Crippen LogP contribution in [0.1, 0.15) is 36.4 Å². The molecule has 1 aromatic carbocycles. The zero-order valence-corrected chi connectivity index (χ0v) is 15.0. The first-order chi connectivity index (χ1) is 10.7. The van der Waals surface area contributed by atoms with Crippen molar-refractivity contribution in [1.29, 1.82) is 0 Å². The second-order valence-corrected chi connectivity index (χ2v) is 11.9. The van der Waals surface area contributed by atoms with Crippen molar-refractivity contribution in [3.63, 3.8) is 0 Å². The van der Waals surface area contributed by atoms with E-state index in [9.17, 15) is 13.2 Å². The summed E-state index contributed by atoms with van der Waals surface area (Å²) in [5, 5.41) is 0. The third-order valence-electron chi connectivity index (χ3n) is 3.89. The van der Waals surface area contributed by atoms with Crippen molar-refractivity contribution >= 4 is 8.07 Å². The van der Waals surface area contributed by atoms with Crippen molar-refractivity contribution in [3.05, 3.63) is 35.4 Å². The van der Waals surface area contributed by atoms with Crippen LogP contribution in [0, 0.1) is 11.5 Å². The van der Waals surface area contributed by atoms with Crippen LogP contribution in [0.2, 0.25) is 19.6 Å². The SMILES string of the molecule is C[Si](C)(C)C#CC(c1ccc(C(F)(F)F)cc1)N1CCCCC1. The largest absolute Gasteiger partial charge is 0.416 e. The number of hydrogen-bond acceptors (Lipinski definition) is 1. The Balaban J connectivity index is 2.30. The van der Waals surface area contributed by atoms with Crippen molar-refractivity contribution in [2.24, 2.45) is 0 Å². The summed E-state index contributed by atoms with van der Waals surface area (Å²) >= 11 is 0. The lowest BCUT2D eigenvalue weighted by Crippen LogP contribution is -2.33. The van der Waals surface area contributed by atoms with Crippen LogP contribution in [0.5, 0.6) is 0 Å². The number of alkyl halides is 3. The fraction of sp³-hybridized carbons (Fsp3) is 0.556. The zero-order valence-electron chi connectivity index (χ0n) is 14.0. The van der Waals surface area contributed by atoms with Crippen LogP contribution in [-0.4, -0.2) is 26.1 Å². The highest BCUT2D eigenvalue weighted by Crippen LogP contribution is 2.31. The molecule has 1 fully saturated rings. The second kappa shape index (κ2) is 7.10. The maximum Gasteiger partial charge on any atom is 0.416 e. The number of hydrogen-bond donors (Lipinski definition) is 0. The normalized spacial score (nSPS) is 18.2. The summed E-state index contributed by atoms with van der Waals surface area (Å²) in [5.41, 5.74) is 3.65. The van der Waals surface area contributed by atoms with Crippen molar-refractivity contribution in [1.82, 2.24) is 4.90 Å². The van der Waals surface area contributed by atoms with Crippen LogP contribution >= 0.6 is 0 Å². The molecular weight excluding hydrogens is 315 g/mol. The molecule has 1 nitrogen and oxygen atoms in total. The molecule has 1 atom stereocenters. The first kappa shape index (κ1) is 18.1. The zero-order chi connectivity index (χ0) is 17.1. The lowest BCUT2D eigenvalue weighted by molar-refractivity contribution is -0.137. The molecule has 1 aliphatic rings. The number of piperidine rings is 1. The van der Waals surface area contributed by atoms with Gasteiger partial charge in [0.25, 0.3) is 0 Å². The Kier molecular flexibility index (Phi) is 5.59. The highest BCUT2D eigenvalue weighted by Gasteiger charge is 2.30. The molecule has 1 aromatic rings. The van der Waals surface area contributed by atoms with E-state index in [2.05, 4.69) is 36.0 Å². The average molecular weight is 339 g/mol. The molecule has 1 aliphatic heterocycles. The Morgan fingerprint density at radius 3 is 2.04 bits per heavy atom. The van der Waals surface area contributed by atoms with Crippen LogP contribution in [0.4, 0.5) is 13.2 Å². The molecule has 0 aliphatic carbocycles. The summed E-state index contributed by atoms with van der Waals surface area (Å²) < 4.78 is 38.2. The van der Waals surface area contributed by atoms with Gasteiger partial charge in [0.1, 0.15) is 8.07 Å². The Hall–Kier alpha value is -1.25. The molecule has 0 bridgehead atoms. The lowest BCUT2D eigenvalue weighted by Gasteiger charge is -2.32. The van der Waals surface area contributed by atoms with E-state index >= 15 is 0 Å². The Bertz CT molecular complexity index is 570. The molecule has 1 saturated heterocycles. The van der Waals surface area contributed by atoms with E-state index in [0.717, 1.165) is 31.5 Å². The number of halogens is 3. The van der Waals surface area contributed by atoms with Gasteiger partial charge in [0.15, 0.2) is 0 Å². The van der Waals surface area contributed by atoms with Crippen molar-refractivity contribution in [2.75, 3.05) is 13.1 Å². The number of likely N-dealkylation sites (tertiary alicyclic amines) is 1. The third kappa shape index (κ3) is 5.40. The van der Waals surface area contributed by atoms with Gasteiger partial charge in [-0.1, -0.05) is 44.1 Å². The molecule has 0 saturated carbocycles. The van der Waals surface area contributed by atoms with E-state index in [1.165, 1.54) is 18.6 Å². The molecule has 2 rings (SSSR count). The third-order valence-corrected chi connectivity index (χ3v) is 4.79. The fourth-order valence-corrected chi connectivity index (χ4v) is 3.27. The minimum absolute atomic E-state index is 0.0932. The average Bonchev–Trinajstić information content (AvgIpc) is 2.47. The van der Waals surface area contributed by atoms with Gasteiger partial charge in [-0.25, -0.2) is 0 Å². The van der Waals surface area contributed by atoms with Gasteiger partial charge < -0.3 is 0 Å². The summed E-state index contributed by atoms with van der Waals surface area (Å²) in [4.78, 5) is 2.30. The number of rotatable bonds is 2. The van der Waals surface area contributed by atoms with Crippen molar-refractivity contribution in [3.8, 4) is 11.5 Å². The molecule has 1 heterocycles. The first-order valence-corrected chi connectivity index (χ1v) is 11.6. The summed E-state index contributed by atoms with van der Waals surface area (Å²) in [6, 6.07) is 5.41. The standard InChI is InChI=1S/C18H24F3NSi/c1-23(2,3)14-11-17(22-12-5-4-6-13-22)15-7-9-16(10-8-15)18(19,20)21/h7-10,17H,4-6,12-13H2,1-3H3. The van der Waals surface area contributed by atoms with E-state index in [4.69, 9.17) is 0 Å². The predicted molar refractivity (Wildman–Crippen MR) is 90.7 cm³/mol. The van der Waals surface area contributed by atoms with Crippen LogP contribution in [0.15, 0.2) is 24.3 Å². The minimum atomic E-state index is -4.29. The van der Waals surface area contributed by atoms with Crippen molar-refractivity contribution < 1.29 is 13.2 Å². The van der Waals surface area contributed by atoms with Crippen LogP contribution in [-0.2, 0) is 6.18 Å². The maximum atomic E-state index is 12.7. The van der Waals surface area contributed by atoms with Gasteiger partial charge in [0.2, 0.25) is 0 Å². The van der Waals surface area contributed by atoms with E-state index in [1.54, 1.807) is 12.1 Å². The van der Waals surface area contributed by atoms with Gasteiger partial charge in [-0.05, 0) is 43.6 Å². The van der Waals surface area contributed by atoms with Gasteiger partial charge in [-0.15, -0.1) is 5.54 Å². The summed E-state index contributed by atoms with van der Waals surface area (Å²) in [6.07, 6.45) is -0.807. The molecule has 0 radical (unpaired) electrons. The maximum absolute atomic E-state index is 12.7. The van der Waals surface area contributed by atoms with Crippen LogP contribution in [0.25, 0.3) is 0 Å². The van der Waals surface area contributed by atoms with Gasteiger partial charge in [0.05, 0.1) is 11.6 Å². The predicted octanol–water partition coefficient (Wildman–Crippen LogP) is 5.11. The van der Waals surface area contributed by atoms with E-state index in [0.29, 0.717) is 0 Å². The van der Waals surface area contributed by atoms with E-state index in [1.807, 2.05) is 0 Å². The molecule has 0 amide bonds. The Morgan fingerprint density at radius 2 is 1.57 bits per heavy atom. The monoisotopic (exact) mass is 339 g/mol. The Morgan fingerprint density at radius 1 is 1.00 bits per heavy atom. The molecule has 0 aromatic heterocycles. The smallest absolute Gasteiger partial charge is 0.286 e. The fourth-order valence-electron chi connectivity index (χ4n) is 2.70. The Labute approximate surface area is 137 Å².